The summed E-state index contributed by atoms with van der Waals surface area (Å²) in [7, 11) is 1.60. The molecule has 0 radical (unpaired) electrons. The lowest BCUT2D eigenvalue weighted by Gasteiger charge is -2.13. The summed E-state index contributed by atoms with van der Waals surface area (Å²) >= 11 is 0. The van der Waals surface area contributed by atoms with E-state index in [2.05, 4.69) is 4.98 Å². The summed E-state index contributed by atoms with van der Waals surface area (Å²) in [4.78, 5) is 4.21. The summed E-state index contributed by atoms with van der Waals surface area (Å²) in [5, 5.41) is 0. The molecule has 18 heavy (non-hydrogen) atoms. The zero-order valence-electron chi connectivity index (χ0n) is 10.5. The Hall–Kier alpha value is -2.07. The standard InChI is InChI=1S/C14H16N2O2/c1-10(15)11-6-5-9-16-14(11)18-13-8-4-3-7-12(13)17-2/h3-10H,15H2,1-2H3. The van der Waals surface area contributed by atoms with Gasteiger partial charge in [-0.1, -0.05) is 18.2 Å². The van der Waals surface area contributed by atoms with E-state index in [-0.39, 0.29) is 6.04 Å². The average molecular weight is 244 g/mol. The molecule has 94 valence electrons. The molecule has 1 aromatic carbocycles. The van der Waals surface area contributed by atoms with Gasteiger partial charge in [0.25, 0.3) is 0 Å². The molecule has 0 fully saturated rings. The van der Waals surface area contributed by atoms with Gasteiger partial charge in [0, 0.05) is 17.8 Å². The number of hydrogen-bond donors (Lipinski definition) is 1. The Morgan fingerprint density at radius 1 is 1.11 bits per heavy atom. The third kappa shape index (κ3) is 2.60. The van der Waals surface area contributed by atoms with Crippen molar-refractivity contribution >= 4 is 0 Å². The maximum Gasteiger partial charge on any atom is 0.224 e. The number of hydrogen-bond acceptors (Lipinski definition) is 4. The topological polar surface area (TPSA) is 57.4 Å². The fourth-order valence-electron chi connectivity index (χ4n) is 1.64. The number of benzene rings is 1. The fraction of sp³-hybridized carbons (Fsp3) is 0.214. The lowest BCUT2D eigenvalue weighted by Crippen LogP contribution is -2.07. The minimum Gasteiger partial charge on any atom is -0.493 e. The molecule has 2 N–H and O–H groups in total. The number of nitrogens with zero attached hydrogens (tertiary/aromatic N) is 1. The molecule has 2 rings (SSSR count). The van der Waals surface area contributed by atoms with Gasteiger partial charge < -0.3 is 15.2 Å². The van der Waals surface area contributed by atoms with E-state index in [0.717, 1.165) is 5.56 Å². The molecule has 0 amide bonds. The van der Waals surface area contributed by atoms with E-state index in [1.54, 1.807) is 13.3 Å². The molecular weight excluding hydrogens is 228 g/mol. The predicted molar refractivity (Wildman–Crippen MR) is 69.9 cm³/mol. The summed E-state index contributed by atoms with van der Waals surface area (Å²) in [5.41, 5.74) is 6.75. The monoisotopic (exact) mass is 244 g/mol. The molecule has 0 saturated heterocycles. The highest BCUT2D eigenvalue weighted by Crippen LogP contribution is 2.32. The van der Waals surface area contributed by atoms with Gasteiger partial charge in [-0.05, 0) is 25.1 Å². The number of methoxy groups -OCH3 is 1. The number of aromatic nitrogens is 1. The molecule has 4 heteroatoms. The highest BCUT2D eigenvalue weighted by atomic mass is 16.5. The van der Waals surface area contributed by atoms with E-state index in [9.17, 15) is 0 Å². The van der Waals surface area contributed by atoms with Gasteiger partial charge in [-0.15, -0.1) is 0 Å². The normalized spacial score (nSPS) is 11.9. The van der Waals surface area contributed by atoms with Gasteiger partial charge in [0.1, 0.15) is 0 Å². The van der Waals surface area contributed by atoms with Crippen LogP contribution in [0.1, 0.15) is 18.5 Å². The minimum atomic E-state index is -0.136. The van der Waals surface area contributed by atoms with Crippen LogP contribution < -0.4 is 15.2 Å². The maximum atomic E-state index is 5.89. The van der Waals surface area contributed by atoms with E-state index >= 15 is 0 Å². The molecule has 1 aromatic heterocycles. The van der Waals surface area contributed by atoms with E-state index < -0.39 is 0 Å². The molecule has 1 atom stereocenters. The molecule has 2 aromatic rings. The Labute approximate surface area is 106 Å². The molecule has 4 nitrogen and oxygen atoms in total. The van der Waals surface area contributed by atoms with Crippen molar-refractivity contribution in [1.29, 1.82) is 0 Å². The molecule has 0 aliphatic heterocycles. The van der Waals surface area contributed by atoms with Crippen LogP contribution in [0.25, 0.3) is 0 Å². The van der Waals surface area contributed by atoms with Crippen LogP contribution >= 0.6 is 0 Å². The highest BCUT2D eigenvalue weighted by molar-refractivity contribution is 5.43. The van der Waals surface area contributed by atoms with E-state index in [0.29, 0.717) is 17.4 Å². The zero-order chi connectivity index (χ0) is 13.0. The summed E-state index contributed by atoms with van der Waals surface area (Å²) < 4.78 is 11.0. The SMILES string of the molecule is COc1ccccc1Oc1ncccc1C(C)N. The molecule has 0 aliphatic rings. The van der Waals surface area contributed by atoms with Gasteiger partial charge in [-0.25, -0.2) is 4.98 Å². The first kappa shape index (κ1) is 12.4. The Bertz CT molecular complexity index is 527. The van der Waals surface area contributed by atoms with Crippen molar-refractivity contribution in [3.05, 3.63) is 48.2 Å². The van der Waals surface area contributed by atoms with Crippen LogP contribution in [0.15, 0.2) is 42.6 Å². The predicted octanol–water partition coefficient (Wildman–Crippen LogP) is 2.90. The van der Waals surface area contributed by atoms with Gasteiger partial charge >= 0.3 is 0 Å². The Morgan fingerprint density at radius 3 is 2.50 bits per heavy atom. The maximum absolute atomic E-state index is 5.89. The number of rotatable bonds is 4. The lowest BCUT2D eigenvalue weighted by atomic mass is 10.1. The van der Waals surface area contributed by atoms with Crippen molar-refractivity contribution in [2.75, 3.05) is 7.11 Å². The molecular formula is C14H16N2O2. The zero-order valence-corrected chi connectivity index (χ0v) is 10.5. The Kier molecular flexibility index (Phi) is 3.79. The van der Waals surface area contributed by atoms with Gasteiger partial charge in [0.15, 0.2) is 11.5 Å². The van der Waals surface area contributed by atoms with Gasteiger partial charge in [0.2, 0.25) is 5.88 Å². The second-order valence-electron chi connectivity index (χ2n) is 3.94. The molecule has 1 heterocycles. The number of ether oxygens (including phenoxy) is 2. The van der Waals surface area contributed by atoms with Crippen molar-refractivity contribution in [3.63, 3.8) is 0 Å². The third-order valence-electron chi connectivity index (χ3n) is 2.57. The van der Waals surface area contributed by atoms with Crippen LogP contribution in [0.2, 0.25) is 0 Å². The van der Waals surface area contributed by atoms with Crippen molar-refractivity contribution in [2.24, 2.45) is 5.73 Å². The summed E-state index contributed by atoms with van der Waals surface area (Å²) in [6, 6.07) is 11.0. The van der Waals surface area contributed by atoms with Crippen LogP contribution in [0.3, 0.4) is 0 Å². The third-order valence-corrected chi connectivity index (χ3v) is 2.57. The highest BCUT2D eigenvalue weighted by Gasteiger charge is 2.11. The van der Waals surface area contributed by atoms with Crippen molar-refractivity contribution in [2.45, 2.75) is 13.0 Å². The second-order valence-corrected chi connectivity index (χ2v) is 3.94. The Balaban J connectivity index is 2.34. The lowest BCUT2D eigenvalue weighted by molar-refractivity contribution is 0.371. The van der Waals surface area contributed by atoms with Crippen LogP contribution in [0.5, 0.6) is 17.4 Å². The summed E-state index contributed by atoms with van der Waals surface area (Å²) in [5.74, 6) is 1.80. The van der Waals surface area contributed by atoms with E-state index in [1.807, 2.05) is 43.3 Å². The van der Waals surface area contributed by atoms with E-state index in [4.69, 9.17) is 15.2 Å². The van der Waals surface area contributed by atoms with Gasteiger partial charge in [-0.3, -0.25) is 0 Å². The molecule has 0 aliphatic carbocycles. The fourth-order valence-corrected chi connectivity index (χ4v) is 1.64. The second kappa shape index (κ2) is 5.51. The van der Waals surface area contributed by atoms with Crippen molar-refractivity contribution in [1.82, 2.24) is 4.98 Å². The first-order chi connectivity index (χ1) is 8.72. The van der Waals surface area contributed by atoms with Crippen LogP contribution in [0.4, 0.5) is 0 Å². The number of nitrogens with two attached hydrogens (primary N) is 1. The quantitative estimate of drug-likeness (QED) is 0.898. The van der Waals surface area contributed by atoms with Crippen LogP contribution in [-0.2, 0) is 0 Å². The summed E-state index contributed by atoms with van der Waals surface area (Å²) in [6.07, 6.45) is 1.68. The van der Waals surface area contributed by atoms with Gasteiger partial charge in [0.05, 0.1) is 7.11 Å². The molecule has 0 bridgehead atoms. The number of pyridine rings is 1. The van der Waals surface area contributed by atoms with Crippen molar-refractivity contribution < 1.29 is 9.47 Å². The first-order valence-electron chi connectivity index (χ1n) is 5.73. The van der Waals surface area contributed by atoms with Crippen molar-refractivity contribution in [3.8, 4) is 17.4 Å². The first-order valence-corrected chi connectivity index (χ1v) is 5.73. The van der Waals surface area contributed by atoms with Crippen LogP contribution in [-0.4, -0.2) is 12.1 Å². The average Bonchev–Trinajstić information content (AvgIpc) is 2.40. The van der Waals surface area contributed by atoms with E-state index in [1.165, 1.54) is 0 Å². The smallest absolute Gasteiger partial charge is 0.224 e. The summed E-state index contributed by atoms with van der Waals surface area (Å²) in [6.45, 7) is 1.89. The minimum absolute atomic E-state index is 0.136. The van der Waals surface area contributed by atoms with Crippen LogP contribution in [0, 0.1) is 0 Å². The largest absolute Gasteiger partial charge is 0.493 e. The molecule has 0 saturated carbocycles. The number of para-hydroxylation sites is 2. The molecule has 0 spiro atoms. The van der Waals surface area contributed by atoms with Gasteiger partial charge in [-0.2, -0.15) is 0 Å². The Morgan fingerprint density at radius 2 is 1.83 bits per heavy atom. The molecule has 1 unspecified atom stereocenters.